The lowest BCUT2D eigenvalue weighted by atomic mass is 10.1. The summed E-state index contributed by atoms with van der Waals surface area (Å²) in [6.45, 7) is 2.44. The summed E-state index contributed by atoms with van der Waals surface area (Å²) in [5, 5.41) is 14.1. The SMILES string of the molecule is COCCNC(=O)CSc1ccccc1C(=O)NCC(C)C(=O)O. The zero-order valence-corrected chi connectivity index (χ0v) is 14.5. The molecule has 3 N–H and O–H groups in total. The molecule has 0 aliphatic heterocycles. The van der Waals surface area contributed by atoms with Crippen LogP contribution in [0.4, 0.5) is 0 Å². The minimum atomic E-state index is -0.967. The van der Waals surface area contributed by atoms with E-state index in [1.807, 2.05) is 0 Å². The van der Waals surface area contributed by atoms with Gasteiger partial charge in [0.2, 0.25) is 5.91 Å². The quantitative estimate of drug-likeness (QED) is 0.428. The maximum atomic E-state index is 12.2. The van der Waals surface area contributed by atoms with E-state index in [0.717, 1.165) is 0 Å². The van der Waals surface area contributed by atoms with Crippen molar-refractivity contribution < 1.29 is 24.2 Å². The predicted molar refractivity (Wildman–Crippen MR) is 91.2 cm³/mol. The Balaban J connectivity index is 2.59. The minimum Gasteiger partial charge on any atom is -0.481 e. The van der Waals surface area contributed by atoms with Gasteiger partial charge in [0.15, 0.2) is 0 Å². The zero-order valence-electron chi connectivity index (χ0n) is 13.7. The van der Waals surface area contributed by atoms with Crippen molar-refractivity contribution in [2.24, 2.45) is 5.92 Å². The van der Waals surface area contributed by atoms with Crippen LogP contribution in [0.3, 0.4) is 0 Å². The number of carbonyl (C=O) groups is 3. The zero-order chi connectivity index (χ0) is 17.9. The topological polar surface area (TPSA) is 105 Å². The number of thioether (sulfide) groups is 1. The van der Waals surface area contributed by atoms with Crippen LogP contribution in [0.1, 0.15) is 17.3 Å². The molecule has 24 heavy (non-hydrogen) atoms. The lowest BCUT2D eigenvalue weighted by Crippen LogP contribution is -2.32. The minimum absolute atomic E-state index is 0.0463. The smallest absolute Gasteiger partial charge is 0.308 e. The van der Waals surface area contributed by atoms with Crippen LogP contribution in [0.15, 0.2) is 29.2 Å². The molecule has 0 aliphatic carbocycles. The van der Waals surface area contributed by atoms with Gasteiger partial charge in [-0.05, 0) is 12.1 Å². The second kappa shape index (κ2) is 10.7. The van der Waals surface area contributed by atoms with Gasteiger partial charge in [-0.2, -0.15) is 0 Å². The van der Waals surface area contributed by atoms with Crippen molar-refractivity contribution in [3.8, 4) is 0 Å². The van der Waals surface area contributed by atoms with Gasteiger partial charge in [0.25, 0.3) is 5.91 Å². The Hall–Kier alpha value is -2.06. The Kier molecular flexibility index (Phi) is 8.88. The molecule has 0 aromatic heterocycles. The lowest BCUT2D eigenvalue weighted by molar-refractivity contribution is -0.140. The molecule has 0 saturated carbocycles. The van der Waals surface area contributed by atoms with E-state index < -0.39 is 11.9 Å². The first-order valence-corrected chi connectivity index (χ1v) is 8.42. The first kappa shape index (κ1) is 20.0. The van der Waals surface area contributed by atoms with Gasteiger partial charge >= 0.3 is 5.97 Å². The third kappa shape index (κ3) is 7.01. The van der Waals surface area contributed by atoms with Gasteiger partial charge in [-0.25, -0.2) is 0 Å². The van der Waals surface area contributed by atoms with E-state index in [4.69, 9.17) is 9.84 Å². The van der Waals surface area contributed by atoms with Crippen LogP contribution in [-0.4, -0.2) is 55.4 Å². The van der Waals surface area contributed by atoms with Crippen LogP contribution in [0.2, 0.25) is 0 Å². The van der Waals surface area contributed by atoms with Gasteiger partial charge < -0.3 is 20.5 Å². The molecule has 132 valence electrons. The van der Waals surface area contributed by atoms with E-state index in [1.165, 1.54) is 18.7 Å². The average Bonchev–Trinajstić information content (AvgIpc) is 2.57. The van der Waals surface area contributed by atoms with Crippen LogP contribution in [0.5, 0.6) is 0 Å². The number of hydrogen-bond donors (Lipinski definition) is 3. The number of nitrogens with one attached hydrogen (secondary N) is 2. The molecule has 8 heteroatoms. The number of amides is 2. The first-order valence-electron chi connectivity index (χ1n) is 7.44. The fraction of sp³-hybridized carbons (Fsp3) is 0.438. The number of carbonyl (C=O) groups excluding carboxylic acids is 2. The van der Waals surface area contributed by atoms with Crippen LogP contribution < -0.4 is 10.6 Å². The second-order valence-electron chi connectivity index (χ2n) is 5.08. The molecule has 0 heterocycles. The van der Waals surface area contributed by atoms with Crippen molar-refractivity contribution in [3.05, 3.63) is 29.8 Å². The second-order valence-corrected chi connectivity index (χ2v) is 6.09. The molecule has 0 aliphatic rings. The number of ether oxygens (including phenoxy) is 1. The summed E-state index contributed by atoms with van der Waals surface area (Å²) >= 11 is 1.25. The Bertz CT molecular complexity index is 579. The van der Waals surface area contributed by atoms with E-state index in [9.17, 15) is 14.4 Å². The van der Waals surface area contributed by atoms with E-state index in [2.05, 4.69) is 10.6 Å². The normalized spacial score (nSPS) is 11.6. The van der Waals surface area contributed by atoms with Crippen molar-refractivity contribution >= 4 is 29.5 Å². The van der Waals surface area contributed by atoms with Crippen molar-refractivity contribution in [2.45, 2.75) is 11.8 Å². The number of aliphatic carboxylic acids is 1. The van der Waals surface area contributed by atoms with Crippen molar-refractivity contribution in [1.82, 2.24) is 10.6 Å². The molecular weight excluding hydrogens is 332 g/mol. The molecule has 2 amide bonds. The molecule has 1 rings (SSSR count). The van der Waals surface area contributed by atoms with Gasteiger partial charge in [0, 0.05) is 25.1 Å². The lowest BCUT2D eigenvalue weighted by Gasteiger charge is -2.11. The maximum Gasteiger partial charge on any atom is 0.308 e. The summed E-state index contributed by atoms with van der Waals surface area (Å²) in [5.41, 5.74) is 0.421. The van der Waals surface area contributed by atoms with E-state index in [1.54, 1.807) is 31.4 Å². The number of methoxy groups -OCH3 is 1. The summed E-state index contributed by atoms with van der Waals surface area (Å²) in [6.07, 6.45) is 0. The predicted octanol–water partition coefficient (Wildman–Crippen LogP) is 0.992. The molecule has 1 atom stereocenters. The number of carboxylic acid groups (broad SMARTS) is 1. The Morgan fingerprint density at radius 1 is 1.25 bits per heavy atom. The number of hydrogen-bond acceptors (Lipinski definition) is 5. The highest BCUT2D eigenvalue weighted by atomic mass is 32.2. The van der Waals surface area contributed by atoms with Gasteiger partial charge in [-0.3, -0.25) is 14.4 Å². The fourth-order valence-electron chi connectivity index (χ4n) is 1.70. The number of benzene rings is 1. The first-order chi connectivity index (χ1) is 11.5. The Morgan fingerprint density at radius 3 is 2.62 bits per heavy atom. The van der Waals surface area contributed by atoms with Crippen molar-refractivity contribution in [3.63, 3.8) is 0 Å². The van der Waals surface area contributed by atoms with Crippen molar-refractivity contribution in [1.29, 1.82) is 0 Å². The van der Waals surface area contributed by atoms with Gasteiger partial charge in [-0.1, -0.05) is 19.1 Å². The third-order valence-corrected chi connectivity index (χ3v) is 4.18. The van der Waals surface area contributed by atoms with Crippen LogP contribution in [0.25, 0.3) is 0 Å². The number of carboxylic acids is 1. The summed E-state index contributed by atoms with van der Waals surface area (Å²) in [4.78, 5) is 35.4. The molecular formula is C16H22N2O5S. The highest BCUT2D eigenvalue weighted by molar-refractivity contribution is 8.00. The molecule has 1 unspecified atom stereocenters. The molecule has 0 spiro atoms. The number of rotatable bonds is 10. The van der Waals surface area contributed by atoms with Crippen LogP contribution in [-0.2, 0) is 14.3 Å². The summed E-state index contributed by atoms with van der Waals surface area (Å²) in [6, 6.07) is 6.90. The highest BCUT2D eigenvalue weighted by Crippen LogP contribution is 2.22. The maximum absolute atomic E-state index is 12.2. The van der Waals surface area contributed by atoms with E-state index in [-0.39, 0.29) is 24.1 Å². The van der Waals surface area contributed by atoms with Crippen LogP contribution in [0, 0.1) is 5.92 Å². The molecule has 7 nitrogen and oxygen atoms in total. The fourth-order valence-corrected chi connectivity index (χ4v) is 2.57. The molecule has 0 fully saturated rings. The van der Waals surface area contributed by atoms with Gasteiger partial charge in [-0.15, -0.1) is 11.8 Å². The summed E-state index contributed by atoms with van der Waals surface area (Å²) in [5.74, 6) is -1.96. The van der Waals surface area contributed by atoms with E-state index >= 15 is 0 Å². The molecule has 0 bridgehead atoms. The molecule has 1 aromatic rings. The average molecular weight is 354 g/mol. The molecule has 0 radical (unpaired) electrons. The summed E-state index contributed by atoms with van der Waals surface area (Å²) < 4.78 is 4.85. The Morgan fingerprint density at radius 2 is 1.96 bits per heavy atom. The Labute approximate surface area is 145 Å². The van der Waals surface area contributed by atoms with E-state index in [0.29, 0.717) is 23.6 Å². The highest BCUT2D eigenvalue weighted by Gasteiger charge is 2.16. The van der Waals surface area contributed by atoms with Crippen molar-refractivity contribution in [2.75, 3.05) is 32.6 Å². The van der Waals surface area contributed by atoms with Crippen LogP contribution >= 0.6 is 11.8 Å². The molecule has 0 saturated heterocycles. The third-order valence-electron chi connectivity index (χ3n) is 3.11. The monoisotopic (exact) mass is 354 g/mol. The summed E-state index contributed by atoms with van der Waals surface area (Å²) in [7, 11) is 1.56. The molecule has 1 aromatic carbocycles. The van der Waals surface area contributed by atoms with Gasteiger partial charge in [0.1, 0.15) is 0 Å². The largest absolute Gasteiger partial charge is 0.481 e. The standard InChI is InChI=1S/C16H22N2O5S/c1-11(16(21)22)9-18-15(20)12-5-3-4-6-13(12)24-10-14(19)17-7-8-23-2/h3-6,11H,7-10H2,1-2H3,(H,17,19)(H,18,20)(H,21,22). The van der Waals surface area contributed by atoms with Gasteiger partial charge in [0.05, 0.1) is 23.8 Å².